The Balaban J connectivity index is 2.05. The number of sulfonamides is 1. The molecule has 1 aromatic rings. The molecule has 1 N–H and O–H groups in total. The SMILES string of the molecule is CCNC(CC1CCCN(S(C)(=O)=O)C1)c1nccn1C. The first-order chi connectivity index (χ1) is 9.91. The Hall–Kier alpha value is -0.920. The van der Waals surface area contributed by atoms with Crippen LogP contribution in [0.4, 0.5) is 0 Å². The van der Waals surface area contributed by atoms with Crippen LogP contribution < -0.4 is 5.32 Å². The Morgan fingerprint density at radius 1 is 1.52 bits per heavy atom. The predicted octanol–water partition coefficient (Wildman–Crippen LogP) is 1.13. The second-order valence-corrected chi connectivity index (χ2v) is 7.85. The van der Waals surface area contributed by atoms with Gasteiger partial charge in [-0.05, 0) is 31.7 Å². The Morgan fingerprint density at radius 2 is 2.29 bits per heavy atom. The van der Waals surface area contributed by atoms with E-state index in [0.717, 1.165) is 31.6 Å². The van der Waals surface area contributed by atoms with Crippen molar-refractivity contribution in [3.8, 4) is 0 Å². The van der Waals surface area contributed by atoms with Crippen LogP contribution in [0, 0.1) is 5.92 Å². The fourth-order valence-electron chi connectivity index (χ4n) is 3.09. The molecular weight excluding hydrogens is 288 g/mol. The average molecular weight is 314 g/mol. The van der Waals surface area contributed by atoms with E-state index in [1.165, 1.54) is 6.26 Å². The Labute approximate surface area is 127 Å². The maximum Gasteiger partial charge on any atom is 0.211 e. The van der Waals surface area contributed by atoms with Crippen LogP contribution >= 0.6 is 0 Å². The summed E-state index contributed by atoms with van der Waals surface area (Å²) in [5.41, 5.74) is 0. The van der Waals surface area contributed by atoms with E-state index in [0.29, 0.717) is 19.0 Å². The summed E-state index contributed by atoms with van der Waals surface area (Å²) in [7, 11) is -1.08. The smallest absolute Gasteiger partial charge is 0.211 e. The Kier molecular flexibility index (Phi) is 5.40. The lowest BCUT2D eigenvalue weighted by Crippen LogP contribution is -2.40. The number of hydrogen-bond acceptors (Lipinski definition) is 4. The molecule has 2 unspecified atom stereocenters. The predicted molar refractivity (Wildman–Crippen MR) is 83.4 cm³/mol. The molecule has 1 saturated heterocycles. The zero-order valence-electron chi connectivity index (χ0n) is 13.1. The number of hydrogen-bond donors (Lipinski definition) is 1. The second kappa shape index (κ2) is 6.89. The van der Waals surface area contributed by atoms with Gasteiger partial charge in [0.05, 0.1) is 12.3 Å². The summed E-state index contributed by atoms with van der Waals surface area (Å²) in [6.07, 6.45) is 8.00. The van der Waals surface area contributed by atoms with Gasteiger partial charge in [0.1, 0.15) is 5.82 Å². The normalized spacial score (nSPS) is 22.3. The van der Waals surface area contributed by atoms with Crippen molar-refractivity contribution in [3.05, 3.63) is 18.2 Å². The monoisotopic (exact) mass is 314 g/mol. The highest BCUT2D eigenvalue weighted by Gasteiger charge is 2.28. The molecule has 2 atom stereocenters. The fourth-order valence-corrected chi connectivity index (χ4v) is 4.04. The van der Waals surface area contributed by atoms with Gasteiger partial charge in [-0.25, -0.2) is 17.7 Å². The van der Waals surface area contributed by atoms with Crippen molar-refractivity contribution in [1.82, 2.24) is 19.2 Å². The molecule has 0 saturated carbocycles. The number of aromatic nitrogens is 2. The summed E-state index contributed by atoms with van der Waals surface area (Å²) >= 11 is 0. The van der Waals surface area contributed by atoms with Gasteiger partial charge in [-0.3, -0.25) is 0 Å². The number of nitrogens with one attached hydrogen (secondary N) is 1. The van der Waals surface area contributed by atoms with Gasteiger partial charge in [0.15, 0.2) is 0 Å². The van der Waals surface area contributed by atoms with E-state index in [4.69, 9.17) is 0 Å². The molecular formula is C14H26N4O2S. The van der Waals surface area contributed by atoms with E-state index in [2.05, 4.69) is 17.2 Å². The number of imidazole rings is 1. The van der Waals surface area contributed by atoms with E-state index in [1.807, 2.05) is 24.0 Å². The molecule has 1 aliphatic rings. The molecule has 0 aromatic carbocycles. The zero-order valence-corrected chi connectivity index (χ0v) is 13.9. The minimum Gasteiger partial charge on any atom is -0.337 e. The topological polar surface area (TPSA) is 67.2 Å². The van der Waals surface area contributed by atoms with Crippen LogP contribution in [-0.4, -0.2) is 48.2 Å². The van der Waals surface area contributed by atoms with E-state index in [-0.39, 0.29) is 6.04 Å². The van der Waals surface area contributed by atoms with Crippen molar-refractivity contribution in [3.63, 3.8) is 0 Å². The first kappa shape index (κ1) is 16.5. The summed E-state index contributed by atoms with van der Waals surface area (Å²) in [4.78, 5) is 4.44. The van der Waals surface area contributed by atoms with Crippen molar-refractivity contribution in [2.75, 3.05) is 25.9 Å². The van der Waals surface area contributed by atoms with Gasteiger partial charge >= 0.3 is 0 Å². The van der Waals surface area contributed by atoms with Crippen LogP contribution in [0.1, 0.15) is 38.1 Å². The number of aryl methyl sites for hydroxylation is 1. The van der Waals surface area contributed by atoms with Gasteiger partial charge in [0.2, 0.25) is 10.0 Å². The largest absolute Gasteiger partial charge is 0.337 e. The molecule has 120 valence electrons. The van der Waals surface area contributed by atoms with E-state index in [9.17, 15) is 8.42 Å². The van der Waals surface area contributed by atoms with Gasteiger partial charge in [-0.1, -0.05) is 6.92 Å². The summed E-state index contributed by atoms with van der Waals surface area (Å²) < 4.78 is 27.1. The number of nitrogens with zero attached hydrogens (tertiary/aromatic N) is 3. The van der Waals surface area contributed by atoms with Gasteiger partial charge in [-0.15, -0.1) is 0 Å². The lowest BCUT2D eigenvalue weighted by atomic mass is 9.92. The summed E-state index contributed by atoms with van der Waals surface area (Å²) in [5.74, 6) is 1.41. The van der Waals surface area contributed by atoms with Gasteiger partial charge < -0.3 is 9.88 Å². The van der Waals surface area contributed by atoms with Crippen LogP contribution in [0.5, 0.6) is 0 Å². The minimum absolute atomic E-state index is 0.180. The highest BCUT2D eigenvalue weighted by atomic mass is 32.2. The molecule has 21 heavy (non-hydrogen) atoms. The molecule has 0 radical (unpaired) electrons. The lowest BCUT2D eigenvalue weighted by molar-refractivity contribution is 0.235. The fraction of sp³-hybridized carbons (Fsp3) is 0.786. The van der Waals surface area contributed by atoms with Crippen molar-refractivity contribution in [1.29, 1.82) is 0 Å². The minimum atomic E-state index is -3.08. The maximum absolute atomic E-state index is 11.7. The molecule has 0 amide bonds. The van der Waals surface area contributed by atoms with Crippen LogP contribution in [0.15, 0.2) is 12.4 Å². The molecule has 1 aromatic heterocycles. The average Bonchev–Trinajstić information content (AvgIpc) is 2.84. The molecule has 6 nitrogen and oxygen atoms in total. The van der Waals surface area contributed by atoms with Crippen LogP contribution in [0.25, 0.3) is 0 Å². The highest BCUT2D eigenvalue weighted by Crippen LogP contribution is 2.27. The first-order valence-corrected chi connectivity index (χ1v) is 9.42. The van der Waals surface area contributed by atoms with Gasteiger partial charge in [0, 0.05) is 32.5 Å². The molecule has 2 rings (SSSR count). The third-order valence-corrected chi connectivity index (χ3v) is 5.41. The molecule has 0 aliphatic carbocycles. The summed E-state index contributed by atoms with van der Waals surface area (Å²) in [6, 6.07) is 0.180. The second-order valence-electron chi connectivity index (χ2n) is 5.87. The Bertz CT molecular complexity index is 555. The molecule has 1 aliphatic heterocycles. The van der Waals surface area contributed by atoms with E-state index in [1.54, 1.807) is 4.31 Å². The third kappa shape index (κ3) is 4.28. The molecule has 1 fully saturated rings. The van der Waals surface area contributed by atoms with Crippen molar-refractivity contribution in [2.24, 2.45) is 13.0 Å². The first-order valence-electron chi connectivity index (χ1n) is 7.57. The van der Waals surface area contributed by atoms with Crippen molar-refractivity contribution >= 4 is 10.0 Å². The summed E-state index contributed by atoms with van der Waals surface area (Å²) in [6.45, 7) is 4.24. The van der Waals surface area contributed by atoms with Gasteiger partial charge in [0.25, 0.3) is 0 Å². The molecule has 0 spiro atoms. The molecule has 0 bridgehead atoms. The zero-order chi connectivity index (χ0) is 15.5. The number of piperidine rings is 1. The third-order valence-electron chi connectivity index (χ3n) is 4.14. The van der Waals surface area contributed by atoms with Crippen molar-refractivity contribution in [2.45, 2.75) is 32.2 Å². The van der Waals surface area contributed by atoms with Gasteiger partial charge in [-0.2, -0.15) is 0 Å². The molecule has 7 heteroatoms. The van der Waals surface area contributed by atoms with E-state index < -0.39 is 10.0 Å². The Morgan fingerprint density at radius 3 is 2.86 bits per heavy atom. The van der Waals surface area contributed by atoms with Crippen molar-refractivity contribution < 1.29 is 8.42 Å². The lowest BCUT2D eigenvalue weighted by Gasteiger charge is -2.33. The highest BCUT2D eigenvalue weighted by molar-refractivity contribution is 7.88. The maximum atomic E-state index is 11.7. The molecule has 2 heterocycles. The quantitative estimate of drug-likeness (QED) is 0.855. The summed E-state index contributed by atoms with van der Waals surface area (Å²) in [5, 5.41) is 3.48. The van der Waals surface area contributed by atoms with E-state index >= 15 is 0 Å². The van der Waals surface area contributed by atoms with Crippen LogP contribution in [0.2, 0.25) is 0 Å². The number of rotatable bonds is 6. The van der Waals surface area contributed by atoms with Crippen LogP contribution in [0.3, 0.4) is 0 Å². The standard InChI is InChI=1S/C14H26N4O2S/c1-4-15-13(14-16-7-9-17(14)2)10-12-6-5-8-18(11-12)21(3,19)20/h7,9,12-13,15H,4-6,8,10-11H2,1-3H3. The van der Waals surface area contributed by atoms with Crippen LogP contribution in [-0.2, 0) is 17.1 Å².